The van der Waals surface area contributed by atoms with Crippen LogP contribution < -0.4 is 10.5 Å². The zero-order valence-corrected chi connectivity index (χ0v) is 11.6. The third-order valence-electron chi connectivity index (χ3n) is 3.42. The lowest BCUT2D eigenvalue weighted by atomic mass is 10.0. The van der Waals surface area contributed by atoms with Gasteiger partial charge in [0.25, 0.3) is 11.8 Å². The van der Waals surface area contributed by atoms with Crippen molar-refractivity contribution in [1.82, 2.24) is 4.90 Å². The second-order valence-electron chi connectivity index (χ2n) is 4.90. The van der Waals surface area contributed by atoms with Crippen LogP contribution in [0.2, 0.25) is 0 Å². The van der Waals surface area contributed by atoms with Crippen LogP contribution >= 0.6 is 0 Å². The minimum Gasteiger partial charge on any atom is -0.497 e. The van der Waals surface area contributed by atoms with Crippen molar-refractivity contribution in [2.75, 3.05) is 26.8 Å². The summed E-state index contributed by atoms with van der Waals surface area (Å²) in [5.41, 5.74) is 4.74. The van der Waals surface area contributed by atoms with Crippen LogP contribution in [0.1, 0.15) is 17.3 Å². The van der Waals surface area contributed by atoms with E-state index in [-0.39, 0.29) is 12.5 Å². The number of amides is 2. The zero-order chi connectivity index (χ0) is 14.8. The molecule has 0 saturated carbocycles. The molecule has 6 nitrogen and oxygen atoms in total. The van der Waals surface area contributed by atoms with Gasteiger partial charge in [0.2, 0.25) is 0 Å². The van der Waals surface area contributed by atoms with E-state index in [0.29, 0.717) is 24.5 Å². The normalized spacial score (nSPS) is 22.4. The lowest BCUT2D eigenvalue weighted by Crippen LogP contribution is -2.58. The van der Waals surface area contributed by atoms with Crippen molar-refractivity contribution in [2.45, 2.75) is 12.5 Å². The van der Waals surface area contributed by atoms with Gasteiger partial charge in [0.05, 0.1) is 20.3 Å². The van der Waals surface area contributed by atoms with E-state index in [0.717, 1.165) is 0 Å². The molecule has 0 radical (unpaired) electrons. The number of ether oxygens (including phenoxy) is 2. The zero-order valence-electron chi connectivity index (χ0n) is 11.6. The number of morpholine rings is 1. The van der Waals surface area contributed by atoms with Crippen LogP contribution in [-0.2, 0) is 9.53 Å². The molecular weight excluding hydrogens is 260 g/mol. The van der Waals surface area contributed by atoms with Crippen molar-refractivity contribution in [3.05, 3.63) is 29.8 Å². The van der Waals surface area contributed by atoms with Gasteiger partial charge in [-0.05, 0) is 31.2 Å². The minimum absolute atomic E-state index is 0.150. The first kappa shape index (κ1) is 14.3. The van der Waals surface area contributed by atoms with Crippen LogP contribution in [0.15, 0.2) is 24.3 Å². The third kappa shape index (κ3) is 2.75. The number of nitrogens with zero attached hydrogens (tertiary/aromatic N) is 1. The summed E-state index contributed by atoms with van der Waals surface area (Å²) in [6.07, 6.45) is 0. The number of methoxy groups -OCH3 is 1. The van der Waals surface area contributed by atoms with E-state index in [1.807, 2.05) is 0 Å². The highest BCUT2D eigenvalue weighted by atomic mass is 16.5. The number of nitrogens with two attached hydrogens (primary N) is 1. The largest absolute Gasteiger partial charge is 0.497 e. The van der Waals surface area contributed by atoms with Gasteiger partial charge in [0.15, 0.2) is 5.60 Å². The molecule has 108 valence electrons. The second-order valence-corrected chi connectivity index (χ2v) is 4.90. The molecule has 0 unspecified atom stereocenters. The van der Waals surface area contributed by atoms with Gasteiger partial charge >= 0.3 is 0 Å². The van der Waals surface area contributed by atoms with Crippen molar-refractivity contribution in [3.8, 4) is 5.75 Å². The van der Waals surface area contributed by atoms with Crippen molar-refractivity contribution >= 4 is 11.8 Å². The fourth-order valence-electron chi connectivity index (χ4n) is 2.11. The van der Waals surface area contributed by atoms with E-state index < -0.39 is 11.5 Å². The van der Waals surface area contributed by atoms with Crippen LogP contribution in [0.3, 0.4) is 0 Å². The molecule has 1 atom stereocenters. The molecule has 2 rings (SSSR count). The Labute approximate surface area is 117 Å². The van der Waals surface area contributed by atoms with Crippen LogP contribution in [-0.4, -0.2) is 49.1 Å². The summed E-state index contributed by atoms with van der Waals surface area (Å²) in [5.74, 6) is -0.0290. The molecule has 1 saturated heterocycles. The Morgan fingerprint density at radius 1 is 1.35 bits per heavy atom. The number of hydrogen-bond donors (Lipinski definition) is 1. The van der Waals surface area contributed by atoms with Gasteiger partial charge in [-0.2, -0.15) is 0 Å². The Balaban J connectivity index is 2.14. The lowest BCUT2D eigenvalue weighted by Gasteiger charge is -2.38. The summed E-state index contributed by atoms with van der Waals surface area (Å²) >= 11 is 0. The Hall–Kier alpha value is -2.08. The topological polar surface area (TPSA) is 81.9 Å². The molecule has 20 heavy (non-hydrogen) atoms. The highest BCUT2D eigenvalue weighted by Gasteiger charge is 2.39. The fourth-order valence-corrected chi connectivity index (χ4v) is 2.11. The van der Waals surface area contributed by atoms with Crippen LogP contribution in [0.4, 0.5) is 0 Å². The van der Waals surface area contributed by atoms with Crippen LogP contribution in [0, 0.1) is 0 Å². The average molecular weight is 278 g/mol. The minimum atomic E-state index is -1.12. The highest BCUT2D eigenvalue weighted by Crippen LogP contribution is 2.20. The standard InChI is InChI=1S/C14H18N2O4/c1-14(13(15)18)9-16(7-8-20-14)12(17)10-3-5-11(19-2)6-4-10/h3-6H,7-9H2,1-2H3,(H2,15,18)/t14-/m1/s1. The highest BCUT2D eigenvalue weighted by molar-refractivity contribution is 5.95. The Kier molecular flexibility index (Phi) is 3.94. The molecule has 1 aromatic rings. The van der Waals surface area contributed by atoms with Crippen LogP contribution in [0.5, 0.6) is 5.75 Å². The van der Waals surface area contributed by atoms with Crippen molar-refractivity contribution in [1.29, 1.82) is 0 Å². The molecule has 1 aliphatic heterocycles. The predicted octanol–water partition coefficient (Wildman–Crippen LogP) is 0.412. The summed E-state index contributed by atoms with van der Waals surface area (Å²) in [7, 11) is 1.57. The van der Waals surface area contributed by atoms with E-state index in [2.05, 4.69) is 0 Å². The van der Waals surface area contributed by atoms with E-state index in [9.17, 15) is 9.59 Å². The first-order chi connectivity index (χ1) is 9.46. The quantitative estimate of drug-likeness (QED) is 0.868. The van der Waals surface area contributed by atoms with E-state index in [1.165, 1.54) is 0 Å². The third-order valence-corrected chi connectivity index (χ3v) is 3.42. The van der Waals surface area contributed by atoms with Crippen molar-refractivity contribution < 1.29 is 19.1 Å². The molecule has 0 spiro atoms. The molecule has 0 aromatic heterocycles. The predicted molar refractivity (Wildman–Crippen MR) is 72.4 cm³/mol. The first-order valence-corrected chi connectivity index (χ1v) is 6.33. The molecule has 1 aromatic carbocycles. The molecule has 6 heteroatoms. The lowest BCUT2D eigenvalue weighted by molar-refractivity contribution is -0.150. The van der Waals surface area contributed by atoms with E-state index >= 15 is 0 Å². The summed E-state index contributed by atoms with van der Waals surface area (Å²) in [6, 6.07) is 6.83. The number of primary amides is 1. The number of hydrogen-bond acceptors (Lipinski definition) is 4. The SMILES string of the molecule is COc1ccc(C(=O)N2CCO[C@@](C)(C(N)=O)C2)cc1. The van der Waals surface area contributed by atoms with Gasteiger partial charge < -0.3 is 20.1 Å². The van der Waals surface area contributed by atoms with Gasteiger partial charge in [0.1, 0.15) is 5.75 Å². The van der Waals surface area contributed by atoms with Gasteiger partial charge in [-0.3, -0.25) is 9.59 Å². The summed E-state index contributed by atoms with van der Waals surface area (Å²) in [6.45, 7) is 2.49. The van der Waals surface area contributed by atoms with Crippen molar-refractivity contribution in [3.63, 3.8) is 0 Å². The maximum absolute atomic E-state index is 12.4. The van der Waals surface area contributed by atoms with Gasteiger partial charge in [-0.15, -0.1) is 0 Å². The molecule has 0 aliphatic carbocycles. The van der Waals surface area contributed by atoms with E-state index in [1.54, 1.807) is 43.2 Å². The summed E-state index contributed by atoms with van der Waals surface area (Å²) in [5, 5.41) is 0. The monoisotopic (exact) mass is 278 g/mol. The smallest absolute Gasteiger partial charge is 0.254 e. The number of rotatable bonds is 3. The maximum Gasteiger partial charge on any atom is 0.254 e. The van der Waals surface area contributed by atoms with Gasteiger partial charge in [0, 0.05) is 12.1 Å². The first-order valence-electron chi connectivity index (χ1n) is 6.33. The van der Waals surface area contributed by atoms with Crippen molar-refractivity contribution in [2.24, 2.45) is 5.73 Å². The average Bonchev–Trinajstić information content (AvgIpc) is 2.46. The Morgan fingerprint density at radius 2 is 2.00 bits per heavy atom. The number of carbonyl (C=O) groups excluding carboxylic acids is 2. The molecule has 1 heterocycles. The summed E-state index contributed by atoms with van der Waals surface area (Å²) < 4.78 is 10.4. The Morgan fingerprint density at radius 3 is 2.55 bits per heavy atom. The van der Waals surface area contributed by atoms with Gasteiger partial charge in [-0.25, -0.2) is 0 Å². The maximum atomic E-state index is 12.4. The molecule has 1 aliphatic rings. The molecular formula is C14H18N2O4. The molecule has 2 N–H and O–H groups in total. The number of carbonyl (C=O) groups is 2. The molecule has 2 amide bonds. The molecule has 0 bridgehead atoms. The summed E-state index contributed by atoms with van der Waals surface area (Å²) in [4.78, 5) is 25.4. The van der Waals surface area contributed by atoms with Gasteiger partial charge in [-0.1, -0.05) is 0 Å². The van der Waals surface area contributed by atoms with Crippen LogP contribution in [0.25, 0.3) is 0 Å². The fraction of sp³-hybridized carbons (Fsp3) is 0.429. The van der Waals surface area contributed by atoms with E-state index in [4.69, 9.17) is 15.2 Å². The second kappa shape index (κ2) is 5.50. The molecule has 1 fully saturated rings. The Bertz CT molecular complexity index is 514. The number of benzene rings is 1.